The van der Waals surface area contributed by atoms with E-state index in [1.807, 2.05) is 13.8 Å². The molecule has 1 aromatic rings. The molecule has 0 aliphatic carbocycles. The van der Waals surface area contributed by atoms with Gasteiger partial charge in [-0.2, -0.15) is 0 Å². The molecule has 0 spiro atoms. The molecule has 0 aromatic heterocycles. The van der Waals surface area contributed by atoms with Crippen LogP contribution in [0.15, 0.2) is 27.5 Å². The molecule has 0 atom stereocenters. The summed E-state index contributed by atoms with van der Waals surface area (Å²) in [6.45, 7) is 5.32. The molecule has 1 rings (SSSR count). The largest absolute Gasteiger partial charge is 0.422 e. The van der Waals surface area contributed by atoms with Gasteiger partial charge in [-0.15, -0.1) is 0 Å². The highest BCUT2D eigenvalue weighted by Crippen LogP contribution is 2.18. The Kier molecular flexibility index (Phi) is 4.24. The molecule has 4 heteroatoms. The molecule has 0 fully saturated rings. The average Bonchev–Trinajstić information content (AvgIpc) is 2.30. The lowest BCUT2D eigenvalue weighted by atomic mass is 10.1. The molecule has 0 heterocycles. The van der Waals surface area contributed by atoms with Crippen LogP contribution in [0, 0.1) is 0 Å². The molecule has 0 saturated heterocycles. The average molecular weight is 285 g/mol. The van der Waals surface area contributed by atoms with E-state index in [-0.39, 0.29) is 11.2 Å². The van der Waals surface area contributed by atoms with Gasteiger partial charge in [0.1, 0.15) is 0 Å². The van der Waals surface area contributed by atoms with Crippen LogP contribution in [0.5, 0.6) is 5.75 Å². The zero-order valence-corrected chi connectivity index (χ0v) is 11.0. The molecule has 86 valence electrons. The molecule has 0 amide bonds. The summed E-state index contributed by atoms with van der Waals surface area (Å²) in [4.78, 5) is 22.6. The number of esters is 1. The second-order valence-electron chi connectivity index (χ2n) is 3.77. The van der Waals surface area contributed by atoms with Crippen molar-refractivity contribution in [1.82, 2.24) is 0 Å². The molecule has 16 heavy (non-hydrogen) atoms. The molecule has 0 saturated carbocycles. The van der Waals surface area contributed by atoms with Crippen molar-refractivity contribution >= 4 is 21.9 Å². The van der Waals surface area contributed by atoms with E-state index >= 15 is 0 Å². The predicted octanol–water partition coefficient (Wildman–Crippen LogP) is 2.86. The number of carbonyl (C=O) groups is 1. The lowest BCUT2D eigenvalue weighted by molar-refractivity contribution is -0.131. The van der Waals surface area contributed by atoms with Crippen molar-refractivity contribution in [2.75, 3.05) is 0 Å². The molecule has 0 radical (unpaired) electrons. The second kappa shape index (κ2) is 5.25. The normalized spacial score (nSPS) is 10.3. The van der Waals surface area contributed by atoms with E-state index in [1.54, 1.807) is 12.1 Å². The Morgan fingerprint density at radius 1 is 1.38 bits per heavy atom. The van der Waals surface area contributed by atoms with E-state index in [2.05, 4.69) is 15.9 Å². The van der Waals surface area contributed by atoms with Crippen molar-refractivity contribution in [3.63, 3.8) is 0 Å². The van der Waals surface area contributed by atoms with Crippen LogP contribution < -0.4 is 10.2 Å². The fourth-order valence-electron chi connectivity index (χ4n) is 1.22. The van der Waals surface area contributed by atoms with Crippen LogP contribution in [0.4, 0.5) is 0 Å². The number of hydrogen-bond acceptors (Lipinski definition) is 3. The van der Waals surface area contributed by atoms with Gasteiger partial charge in [0.05, 0.1) is 4.47 Å². The smallest absolute Gasteiger partial charge is 0.308 e. The van der Waals surface area contributed by atoms with Gasteiger partial charge in [0.2, 0.25) is 5.43 Å². The van der Waals surface area contributed by atoms with Gasteiger partial charge in [-0.25, -0.2) is 0 Å². The summed E-state index contributed by atoms with van der Waals surface area (Å²) in [6.07, 6.45) is 0. The van der Waals surface area contributed by atoms with Crippen LogP contribution in [-0.4, -0.2) is 5.97 Å². The number of hydrogen-bond donors (Lipinski definition) is 0. The Hall–Kier alpha value is -1.16. The Labute approximate surface area is 103 Å². The van der Waals surface area contributed by atoms with Crippen molar-refractivity contribution in [2.24, 2.45) is 0 Å². The Bertz CT molecular complexity index is 466. The minimum atomic E-state index is -0.499. The van der Waals surface area contributed by atoms with Gasteiger partial charge in [0.25, 0.3) is 0 Å². The molecule has 0 unspecified atom stereocenters. The molecule has 1 aromatic carbocycles. The van der Waals surface area contributed by atoms with E-state index in [4.69, 9.17) is 4.74 Å². The summed E-state index contributed by atoms with van der Waals surface area (Å²) in [7, 11) is 0. The number of ether oxygens (including phenoxy) is 1. The van der Waals surface area contributed by atoms with Crippen LogP contribution in [0.3, 0.4) is 0 Å². The van der Waals surface area contributed by atoms with E-state index in [9.17, 15) is 9.59 Å². The number of rotatable bonds is 2. The van der Waals surface area contributed by atoms with Crippen molar-refractivity contribution < 1.29 is 9.53 Å². The highest BCUT2D eigenvalue weighted by Gasteiger charge is 2.07. The zero-order valence-electron chi connectivity index (χ0n) is 9.41. The first-order valence-corrected chi connectivity index (χ1v) is 5.73. The molecule has 0 bridgehead atoms. The number of carbonyl (C=O) groups excluding carboxylic acids is 1. The van der Waals surface area contributed by atoms with Gasteiger partial charge in [-0.05, 0) is 39.5 Å². The van der Waals surface area contributed by atoms with Crippen LogP contribution in [-0.2, 0) is 4.79 Å². The van der Waals surface area contributed by atoms with Crippen LogP contribution in [0.2, 0.25) is 0 Å². The van der Waals surface area contributed by atoms with E-state index in [1.165, 1.54) is 13.0 Å². The maximum absolute atomic E-state index is 11.8. The predicted molar refractivity (Wildman–Crippen MR) is 65.8 cm³/mol. The SMILES string of the molecule is CC(=O)Oc1ccc(C(C)C)cc(Br)c1=O. The monoisotopic (exact) mass is 284 g/mol. The summed E-state index contributed by atoms with van der Waals surface area (Å²) in [5.41, 5.74) is 0.685. The third-order valence-corrected chi connectivity index (χ3v) is 2.67. The van der Waals surface area contributed by atoms with Crippen molar-refractivity contribution in [2.45, 2.75) is 26.7 Å². The van der Waals surface area contributed by atoms with Crippen LogP contribution >= 0.6 is 15.9 Å². The zero-order chi connectivity index (χ0) is 12.3. The second-order valence-corrected chi connectivity index (χ2v) is 4.62. The minimum absolute atomic E-state index is 0.0475. The van der Waals surface area contributed by atoms with Crippen LogP contribution in [0.1, 0.15) is 32.3 Å². The molecule has 0 aliphatic rings. The van der Waals surface area contributed by atoms with Crippen molar-refractivity contribution in [3.05, 3.63) is 38.5 Å². The minimum Gasteiger partial charge on any atom is -0.422 e. The molecule has 3 nitrogen and oxygen atoms in total. The topological polar surface area (TPSA) is 43.4 Å². The number of halogens is 1. The first-order valence-electron chi connectivity index (χ1n) is 4.94. The lowest BCUT2D eigenvalue weighted by Crippen LogP contribution is -2.10. The first-order chi connectivity index (χ1) is 7.41. The molecular formula is C12H13BrO3. The summed E-state index contributed by atoms with van der Waals surface area (Å²) in [5, 5.41) is 0. The third kappa shape index (κ3) is 3.17. The summed E-state index contributed by atoms with van der Waals surface area (Å²) in [5.74, 6) is -0.152. The van der Waals surface area contributed by atoms with E-state index in [0.717, 1.165) is 5.56 Å². The summed E-state index contributed by atoms with van der Waals surface area (Å²) in [6, 6.07) is 5.07. The fourth-order valence-corrected chi connectivity index (χ4v) is 1.68. The van der Waals surface area contributed by atoms with Gasteiger partial charge in [0.15, 0.2) is 5.75 Å². The first kappa shape index (κ1) is 12.9. The fraction of sp³-hybridized carbons (Fsp3) is 0.333. The van der Waals surface area contributed by atoms with Gasteiger partial charge < -0.3 is 4.74 Å². The van der Waals surface area contributed by atoms with E-state index in [0.29, 0.717) is 10.4 Å². The lowest BCUT2D eigenvalue weighted by Gasteiger charge is -2.00. The Morgan fingerprint density at radius 3 is 2.50 bits per heavy atom. The molecule has 0 aliphatic heterocycles. The standard InChI is InChI=1S/C12H13BrO3/c1-7(2)9-4-5-11(16-8(3)14)12(15)10(13)6-9/h4-7H,1-3H3. The van der Waals surface area contributed by atoms with Gasteiger partial charge in [0, 0.05) is 6.92 Å². The highest BCUT2D eigenvalue weighted by molar-refractivity contribution is 9.10. The van der Waals surface area contributed by atoms with Crippen molar-refractivity contribution in [1.29, 1.82) is 0 Å². The summed E-state index contributed by atoms with van der Waals surface area (Å²) >= 11 is 3.18. The quantitative estimate of drug-likeness (QED) is 0.785. The molecular weight excluding hydrogens is 272 g/mol. The van der Waals surface area contributed by atoms with Gasteiger partial charge in [-0.1, -0.05) is 19.9 Å². The van der Waals surface area contributed by atoms with Crippen molar-refractivity contribution in [3.8, 4) is 5.75 Å². The van der Waals surface area contributed by atoms with E-state index < -0.39 is 5.97 Å². The molecule has 0 N–H and O–H groups in total. The Morgan fingerprint density at radius 2 is 2.00 bits per heavy atom. The maximum Gasteiger partial charge on any atom is 0.308 e. The van der Waals surface area contributed by atoms with Gasteiger partial charge in [-0.3, -0.25) is 9.59 Å². The van der Waals surface area contributed by atoms with Gasteiger partial charge >= 0.3 is 5.97 Å². The summed E-state index contributed by atoms with van der Waals surface area (Å²) < 4.78 is 5.24. The maximum atomic E-state index is 11.8. The third-order valence-electron chi connectivity index (χ3n) is 2.08. The van der Waals surface area contributed by atoms with Crippen LogP contribution in [0.25, 0.3) is 0 Å². The highest BCUT2D eigenvalue weighted by atomic mass is 79.9. The Balaban J connectivity index is 3.34.